The summed E-state index contributed by atoms with van der Waals surface area (Å²) >= 11 is 0. The smallest absolute Gasteiger partial charge is 0.258 e. The van der Waals surface area contributed by atoms with Crippen molar-refractivity contribution in [1.82, 2.24) is 14.9 Å². The lowest BCUT2D eigenvalue weighted by Crippen LogP contribution is -2.32. The van der Waals surface area contributed by atoms with Gasteiger partial charge in [-0.1, -0.05) is 42.5 Å². The van der Waals surface area contributed by atoms with Crippen molar-refractivity contribution in [2.75, 3.05) is 20.3 Å². The number of nitrogens with one attached hydrogen (secondary N) is 1. The van der Waals surface area contributed by atoms with Crippen LogP contribution in [0.2, 0.25) is 0 Å². The van der Waals surface area contributed by atoms with E-state index in [1.807, 2.05) is 79.7 Å². The highest BCUT2D eigenvalue weighted by Gasteiger charge is 2.18. The van der Waals surface area contributed by atoms with Crippen LogP contribution in [0.1, 0.15) is 31.6 Å². The Hall–Kier alpha value is -4.00. The molecule has 1 amide bonds. The number of nitrogens with zero attached hydrogens (tertiary/aromatic N) is 2. The zero-order valence-electron chi connectivity index (χ0n) is 20.1. The molecule has 0 saturated carbocycles. The highest BCUT2D eigenvalue weighted by Crippen LogP contribution is 2.26. The molecule has 35 heavy (non-hydrogen) atoms. The zero-order valence-corrected chi connectivity index (χ0v) is 20.1. The van der Waals surface area contributed by atoms with Crippen molar-refractivity contribution in [2.45, 2.75) is 32.4 Å². The van der Waals surface area contributed by atoms with E-state index in [1.165, 1.54) is 0 Å². The summed E-state index contributed by atoms with van der Waals surface area (Å²) in [7, 11) is 1.64. The Labute approximate surface area is 205 Å². The van der Waals surface area contributed by atoms with Crippen molar-refractivity contribution in [3.05, 3.63) is 84.7 Å². The monoisotopic (exact) mass is 473 g/mol. The topological polar surface area (TPSA) is 74.6 Å². The van der Waals surface area contributed by atoms with Crippen LogP contribution in [0.15, 0.2) is 78.9 Å². The highest BCUT2D eigenvalue weighted by atomic mass is 16.5. The van der Waals surface area contributed by atoms with Crippen molar-refractivity contribution < 1.29 is 19.0 Å². The minimum Gasteiger partial charge on any atom is -0.493 e. The molecule has 0 radical (unpaired) electrons. The van der Waals surface area contributed by atoms with Gasteiger partial charge in [0, 0.05) is 6.54 Å². The van der Waals surface area contributed by atoms with Crippen molar-refractivity contribution in [3.63, 3.8) is 0 Å². The van der Waals surface area contributed by atoms with Crippen LogP contribution in [0.3, 0.4) is 0 Å². The minimum atomic E-state index is -0.265. The Kier molecular flexibility index (Phi) is 8.22. The fourth-order valence-corrected chi connectivity index (χ4v) is 3.97. The van der Waals surface area contributed by atoms with Gasteiger partial charge in [-0.25, -0.2) is 4.98 Å². The number of amides is 1. The van der Waals surface area contributed by atoms with Gasteiger partial charge in [-0.3, -0.25) is 4.79 Å². The fraction of sp³-hybridized carbons (Fsp3) is 0.286. The summed E-state index contributed by atoms with van der Waals surface area (Å²) in [5.41, 5.74) is 1.96. The molecule has 1 aromatic heterocycles. The van der Waals surface area contributed by atoms with Crippen molar-refractivity contribution in [2.24, 2.45) is 0 Å². The van der Waals surface area contributed by atoms with Gasteiger partial charge in [-0.2, -0.15) is 0 Å². The molecule has 0 aliphatic carbocycles. The normalized spacial score (nSPS) is 11.7. The second-order valence-corrected chi connectivity index (χ2v) is 8.21. The van der Waals surface area contributed by atoms with Crippen molar-refractivity contribution in [1.29, 1.82) is 0 Å². The van der Waals surface area contributed by atoms with Crippen LogP contribution in [0.25, 0.3) is 11.0 Å². The predicted octanol–water partition coefficient (Wildman–Crippen LogP) is 5.16. The second kappa shape index (κ2) is 11.9. The second-order valence-electron chi connectivity index (χ2n) is 8.21. The Morgan fingerprint density at radius 1 is 0.914 bits per heavy atom. The van der Waals surface area contributed by atoms with Gasteiger partial charge in [-0.15, -0.1) is 0 Å². The molecule has 7 nitrogen and oxygen atoms in total. The quantitative estimate of drug-likeness (QED) is 0.288. The van der Waals surface area contributed by atoms with Gasteiger partial charge in [-0.05, 0) is 56.2 Å². The lowest BCUT2D eigenvalue weighted by Gasteiger charge is -2.17. The molecule has 0 saturated heterocycles. The number of imidazole rings is 1. The van der Waals surface area contributed by atoms with E-state index in [0.29, 0.717) is 12.4 Å². The third-order valence-corrected chi connectivity index (χ3v) is 5.66. The number of hydrogen-bond donors (Lipinski definition) is 1. The Morgan fingerprint density at radius 2 is 1.63 bits per heavy atom. The van der Waals surface area contributed by atoms with E-state index in [9.17, 15) is 4.79 Å². The first-order chi connectivity index (χ1) is 17.2. The number of ether oxygens (including phenoxy) is 3. The van der Waals surface area contributed by atoms with E-state index in [4.69, 9.17) is 19.2 Å². The largest absolute Gasteiger partial charge is 0.493 e. The molecular weight excluding hydrogens is 442 g/mol. The average molecular weight is 474 g/mol. The maximum Gasteiger partial charge on any atom is 0.258 e. The molecule has 0 spiro atoms. The number of benzene rings is 3. The maximum atomic E-state index is 12.5. The lowest BCUT2D eigenvalue weighted by molar-refractivity contribution is -0.123. The minimum absolute atomic E-state index is 0.0468. The fourth-order valence-electron chi connectivity index (χ4n) is 3.97. The highest BCUT2D eigenvalue weighted by molar-refractivity contribution is 5.79. The van der Waals surface area contributed by atoms with E-state index in [-0.39, 0.29) is 18.6 Å². The number of carbonyl (C=O) groups is 1. The molecule has 0 fully saturated rings. The van der Waals surface area contributed by atoms with E-state index in [2.05, 4.69) is 16.0 Å². The van der Waals surface area contributed by atoms with Gasteiger partial charge in [0.2, 0.25) is 0 Å². The standard InChI is InChI=1S/C28H31N3O4/c1-21(29-27(32)20-35-22-12-4-3-5-13-22)28-30-23-14-6-7-15-24(23)31(28)18-10-11-19-34-26-17-9-8-16-25(26)33-2/h3-9,12-17,21H,10-11,18-20H2,1-2H3,(H,29,32). The SMILES string of the molecule is COc1ccccc1OCCCCn1c(C(C)NC(=O)COc2ccccc2)nc2ccccc21. The maximum absolute atomic E-state index is 12.5. The Morgan fingerprint density at radius 3 is 2.43 bits per heavy atom. The van der Waals surface area contributed by atoms with E-state index >= 15 is 0 Å². The molecule has 4 rings (SSSR count). The summed E-state index contributed by atoms with van der Waals surface area (Å²) in [5, 5.41) is 3.02. The number of carbonyl (C=O) groups excluding carboxylic acids is 1. The van der Waals surface area contributed by atoms with Crippen LogP contribution in [-0.2, 0) is 11.3 Å². The van der Waals surface area contributed by atoms with Gasteiger partial charge >= 0.3 is 0 Å². The number of methoxy groups -OCH3 is 1. The first kappa shape index (κ1) is 24.1. The number of para-hydroxylation sites is 5. The summed E-state index contributed by atoms with van der Waals surface area (Å²) in [4.78, 5) is 17.3. The molecule has 0 bridgehead atoms. The van der Waals surface area contributed by atoms with Crippen molar-refractivity contribution in [3.8, 4) is 17.2 Å². The number of fused-ring (bicyclic) bond motifs is 1. The molecule has 7 heteroatoms. The number of aromatic nitrogens is 2. The first-order valence-corrected chi connectivity index (χ1v) is 11.8. The molecule has 0 aliphatic rings. The molecule has 0 aliphatic heterocycles. The molecular formula is C28H31N3O4. The summed E-state index contributed by atoms with van der Waals surface area (Å²) in [6.45, 7) is 3.26. The summed E-state index contributed by atoms with van der Waals surface area (Å²) in [6, 6.07) is 24.7. The van der Waals surface area contributed by atoms with Crippen molar-refractivity contribution >= 4 is 16.9 Å². The van der Waals surface area contributed by atoms with E-state index < -0.39 is 0 Å². The Balaban J connectivity index is 1.36. The van der Waals surface area contributed by atoms with E-state index in [1.54, 1.807) is 7.11 Å². The van der Waals surface area contributed by atoms with Crippen LogP contribution in [-0.4, -0.2) is 35.8 Å². The molecule has 3 aromatic carbocycles. The number of hydrogen-bond acceptors (Lipinski definition) is 5. The third kappa shape index (κ3) is 6.32. The van der Waals surface area contributed by atoms with Gasteiger partial charge in [0.05, 0.1) is 30.8 Å². The average Bonchev–Trinajstić information content (AvgIpc) is 3.27. The molecule has 1 heterocycles. The predicted molar refractivity (Wildman–Crippen MR) is 136 cm³/mol. The Bertz CT molecular complexity index is 1240. The summed E-state index contributed by atoms with van der Waals surface area (Å²) < 4.78 is 19.0. The zero-order chi connectivity index (χ0) is 24.5. The number of unbranched alkanes of at least 4 members (excludes halogenated alkanes) is 1. The van der Waals surface area contributed by atoms with Crippen LogP contribution < -0.4 is 19.5 Å². The number of aryl methyl sites for hydroxylation is 1. The first-order valence-electron chi connectivity index (χ1n) is 11.8. The molecule has 182 valence electrons. The lowest BCUT2D eigenvalue weighted by atomic mass is 10.2. The molecule has 1 atom stereocenters. The van der Waals surface area contributed by atoms with Crippen LogP contribution in [0.4, 0.5) is 0 Å². The van der Waals surface area contributed by atoms with Gasteiger partial charge in [0.15, 0.2) is 18.1 Å². The van der Waals surface area contributed by atoms with Crippen LogP contribution >= 0.6 is 0 Å². The van der Waals surface area contributed by atoms with E-state index in [0.717, 1.165) is 47.7 Å². The van der Waals surface area contributed by atoms with Gasteiger partial charge < -0.3 is 24.1 Å². The summed E-state index contributed by atoms with van der Waals surface area (Å²) in [5.74, 6) is 2.78. The molecule has 1 unspecified atom stereocenters. The number of rotatable bonds is 12. The van der Waals surface area contributed by atoms with Crippen LogP contribution in [0.5, 0.6) is 17.2 Å². The van der Waals surface area contributed by atoms with Gasteiger partial charge in [0.1, 0.15) is 11.6 Å². The van der Waals surface area contributed by atoms with Crippen LogP contribution in [0, 0.1) is 0 Å². The molecule has 1 N–H and O–H groups in total. The molecule has 4 aromatic rings. The van der Waals surface area contributed by atoms with Gasteiger partial charge in [0.25, 0.3) is 5.91 Å². The summed E-state index contributed by atoms with van der Waals surface area (Å²) in [6.07, 6.45) is 1.77. The third-order valence-electron chi connectivity index (χ3n) is 5.66.